The summed E-state index contributed by atoms with van der Waals surface area (Å²) < 4.78 is 10.7. The van der Waals surface area contributed by atoms with Crippen LogP contribution in [0.1, 0.15) is 296 Å². The lowest BCUT2D eigenvalue weighted by molar-refractivity contribution is -0.161. The van der Waals surface area contributed by atoms with E-state index >= 15 is 0 Å². The molecule has 1 unspecified atom stereocenters. The van der Waals surface area contributed by atoms with Crippen LogP contribution in [-0.2, 0) is 19.1 Å². The maximum absolute atomic E-state index is 12.3. The van der Waals surface area contributed by atoms with Crippen molar-refractivity contribution in [2.75, 3.05) is 13.2 Å². The van der Waals surface area contributed by atoms with Crippen molar-refractivity contribution in [3.8, 4) is 0 Å². The standard InChI is InChI=1S/C65H114O5/c1-3-5-7-9-11-13-15-17-19-21-23-25-27-29-30-31-32-33-34-36-37-39-41-43-45-47-49-51-53-55-57-59-64(67)69-62-63(61-66)70-65(68)60-58-56-54-52-50-48-46-44-42-40-38-35-28-26-24-22-20-18-16-14-12-10-8-6-4-2/h6,8,12,14-15,17-18,20-21,23-24,26,35,38,63,66H,3-5,7,9-11,13,16,19,22,25,27-34,36-37,39-62H2,1-2H3/b8-6-,14-12-,17-15-,20-18-,23-21-,26-24-,38-35-. The van der Waals surface area contributed by atoms with Crippen LogP contribution in [0.3, 0.4) is 0 Å². The largest absolute Gasteiger partial charge is 0.462 e. The zero-order chi connectivity index (χ0) is 50.6. The molecule has 404 valence electrons. The Balaban J connectivity index is 3.47. The zero-order valence-electron chi connectivity index (χ0n) is 46.3. The monoisotopic (exact) mass is 975 g/mol. The Bertz CT molecular complexity index is 1290. The first-order valence-corrected chi connectivity index (χ1v) is 30.1. The van der Waals surface area contributed by atoms with Gasteiger partial charge in [0.05, 0.1) is 6.61 Å². The van der Waals surface area contributed by atoms with Crippen molar-refractivity contribution < 1.29 is 24.2 Å². The second kappa shape index (κ2) is 60.4. The van der Waals surface area contributed by atoms with Gasteiger partial charge in [-0.2, -0.15) is 0 Å². The minimum absolute atomic E-state index is 0.0692. The van der Waals surface area contributed by atoms with Crippen molar-refractivity contribution in [3.05, 3.63) is 85.1 Å². The number of ether oxygens (including phenoxy) is 2. The van der Waals surface area contributed by atoms with Gasteiger partial charge in [0.25, 0.3) is 0 Å². The van der Waals surface area contributed by atoms with Crippen LogP contribution < -0.4 is 0 Å². The Morgan fingerprint density at radius 2 is 0.614 bits per heavy atom. The first-order valence-electron chi connectivity index (χ1n) is 30.1. The molecule has 0 saturated carbocycles. The van der Waals surface area contributed by atoms with Gasteiger partial charge in [-0.25, -0.2) is 0 Å². The molecule has 0 radical (unpaired) electrons. The molecule has 0 fully saturated rings. The molecular weight excluding hydrogens is 861 g/mol. The molecule has 0 amide bonds. The Labute approximate surface area is 435 Å². The molecule has 1 N–H and O–H groups in total. The fourth-order valence-corrected chi connectivity index (χ4v) is 8.67. The molecule has 1 atom stereocenters. The number of hydrogen-bond acceptors (Lipinski definition) is 5. The quantitative estimate of drug-likeness (QED) is 0.0373. The minimum Gasteiger partial charge on any atom is -0.462 e. The highest BCUT2D eigenvalue weighted by Crippen LogP contribution is 2.17. The van der Waals surface area contributed by atoms with E-state index in [-0.39, 0.29) is 25.2 Å². The van der Waals surface area contributed by atoms with Crippen molar-refractivity contribution in [2.45, 2.75) is 302 Å². The van der Waals surface area contributed by atoms with E-state index in [1.165, 1.54) is 193 Å². The van der Waals surface area contributed by atoms with Crippen LogP contribution in [0.15, 0.2) is 85.1 Å². The van der Waals surface area contributed by atoms with Gasteiger partial charge < -0.3 is 14.6 Å². The molecule has 5 heteroatoms. The van der Waals surface area contributed by atoms with E-state index in [1.807, 2.05) is 0 Å². The lowest BCUT2D eigenvalue weighted by Gasteiger charge is -2.15. The second-order valence-electron chi connectivity index (χ2n) is 20.0. The molecule has 0 spiro atoms. The lowest BCUT2D eigenvalue weighted by atomic mass is 10.0. The van der Waals surface area contributed by atoms with Crippen LogP contribution in [0.25, 0.3) is 0 Å². The van der Waals surface area contributed by atoms with Crippen molar-refractivity contribution >= 4 is 11.9 Å². The molecule has 0 aromatic rings. The Morgan fingerprint density at radius 3 is 0.929 bits per heavy atom. The number of allylic oxidation sites excluding steroid dienone is 14. The van der Waals surface area contributed by atoms with Crippen molar-refractivity contribution in [3.63, 3.8) is 0 Å². The predicted molar refractivity (Wildman–Crippen MR) is 306 cm³/mol. The van der Waals surface area contributed by atoms with Crippen LogP contribution in [-0.4, -0.2) is 36.4 Å². The molecule has 0 saturated heterocycles. The first kappa shape index (κ1) is 67.1. The van der Waals surface area contributed by atoms with E-state index in [1.54, 1.807) is 0 Å². The van der Waals surface area contributed by atoms with Gasteiger partial charge in [0, 0.05) is 12.8 Å². The number of hydrogen-bond donors (Lipinski definition) is 1. The number of carbonyl (C=O) groups excluding carboxylic acids is 2. The maximum Gasteiger partial charge on any atom is 0.306 e. The third-order valence-corrected chi connectivity index (χ3v) is 13.2. The van der Waals surface area contributed by atoms with Gasteiger partial charge in [0.15, 0.2) is 6.10 Å². The molecule has 0 bridgehead atoms. The molecule has 70 heavy (non-hydrogen) atoms. The van der Waals surface area contributed by atoms with E-state index in [9.17, 15) is 14.7 Å². The first-order chi connectivity index (χ1) is 34.6. The fourth-order valence-electron chi connectivity index (χ4n) is 8.67. The summed E-state index contributed by atoms with van der Waals surface area (Å²) in [5, 5.41) is 9.67. The van der Waals surface area contributed by atoms with Crippen molar-refractivity contribution in [1.29, 1.82) is 0 Å². The number of aliphatic hydroxyl groups excluding tert-OH is 1. The molecule has 0 aliphatic rings. The normalized spacial score (nSPS) is 12.8. The molecule has 0 aliphatic carbocycles. The van der Waals surface area contributed by atoms with Gasteiger partial charge in [0.1, 0.15) is 6.61 Å². The van der Waals surface area contributed by atoms with E-state index < -0.39 is 6.10 Å². The third-order valence-electron chi connectivity index (χ3n) is 13.2. The fraction of sp³-hybridized carbons (Fsp3) is 0.754. The van der Waals surface area contributed by atoms with Gasteiger partial charge in [-0.15, -0.1) is 0 Å². The molecule has 5 nitrogen and oxygen atoms in total. The van der Waals surface area contributed by atoms with E-state index in [0.717, 1.165) is 77.0 Å². The summed E-state index contributed by atoms with van der Waals surface area (Å²) >= 11 is 0. The predicted octanol–water partition coefficient (Wildman–Crippen LogP) is 20.5. The average molecular weight is 976 g/mol. The molecule has 0 aromatic heterocycles. The Kier molecular flexibility index (Phi) is 57.9. The van der Waals surface area contributed by atoms with Gasteiger partial charge in [-0.1, -0.05) is 279 Å². The number of esters is 2. The topological polar surface area (TPSA) is 72.8 Å². The van der Waals surface area contributed by atoms with Gasteiger partial charge in [0.2, 0.25) is 0 Å². The number of carbonyl (C=O) groups is 2. The summed E-state index contributed by atoms with van der Waals surface area (Å²) in [5.41, 5.74) is 0. The number of rotatable bonds is 55. The summed E-state index contributed by atoms with van der Waals surface area (Å²) in [6.07, 6.45) is 84.3. The van der Waals surface area contributed by atoms with Crippen LogP contribution in [0.2, 0.25) is 0 Å². The van der Waals surface area contributed by atoms with Gasteiger partial charge >= 0.3 is 11.9 Å². The van der Waals surface area contributed by atoms with Crippen LogP contribution in [0.5, 0.6) is 0 Å². The van der Waals surface area contributed by atoms with Gasteiger partial charge in [-0.3, -0.25) is 9.59 Å². The SMILES string of the molecule is CC/C=C\C/C=C\C/C=C\C/C=C\C/C=C\CCCCCCCCCCCC(=O)OC(CO)COC(=O)CCCCCCCCCCCCCCCCCCCCC/C=C\C/C=C\CCCCCCC. The van der Waals surface area contributed by atoms with Crippen LogP contribution in [0, 0.1) is 0 Å². The average Bonchev–Trinajstić information content (AvgIpc) is 3.36. The molecule has 0 aromatic carbocycles. The smallest absolute Gasteiger partial charge is 0.306 e. The highest BCUT2D eigenvalue weighted by molar-refractivity contribution is 5.70. The number of aliphatic hydroxyl groups is 1. The highest BCUT2D eigenvalue weighted by Gasteiger charge is 2.16. The summed E-state index contributed by atoms with van der Waals surface area (Å²) in [6.45, 7) is 4.04. The lowest BCUT2D eigenvalue weighted by Crippen LogP contribution is -2.28. The zero-order valence-corrected chi connectivity index (χ0v) is 46.3. The van der Waals surface area contributed by atoms with E-state index in [0.29, 0.717) is 12.8 Å². The Morgan fingerprint density at radius 1 is 0.343 bits per heavy atom. The highest BCUT2D eigenvalue weighted by atomic mass is 16.6. The molecule has 0 rings (SSSR count). The minimum atomic E-state index is -0.780. The van der Waals surface area contributed by atoms with E-state index in [2.05, 4.69) is 98.9 Å². The summed E-state index contributed by atoms with van der Waals surface area (Å²) in [5.74, 6) is -0.590. The Hall–Kier alpha value is -2.92. The molecule has 0 heterocycles. The van der Waals surface area contributed by atoms with Crippen molar-refractivity contribution in [2.24, 2.45) is 0 Å². The molecular formula is C65H114O5. The van der Waals surface area contributed by atoms with Crippen molar-refractivity contribution in [1.82, 2.24) is 0 Å². The summed E-state index contributed by atoms with van der Waals surface area (Å²) in [4.78, 5) is 24.6. The van der Waals surface area contributed by atoms with E-state index in [4.69, 9.17) is 9.47 Å². The molecule has 0 aliphatic heterocycles. The summed E-state index contributed by atoms with van der Waals surface area (Å²) in [6, 6.07) is 0. The van der Waals surface area contributed by atoms with Crippen LogP contribution in [0.4, 0.5) is 0 Å². The van der Waals surface area contributed by atoms with Crippen LogP contribution >= 0.6 is 0 Å². The summed E-state index contributed by atoms with van der Waals surface area (Å²) in [7, 11) is 0. The third kappa shape index (κ3) is 57.7. The maximum atomic E-state index is 12.3. The number of unbranched alkanes of at least 4 members (excludes halogenated alkanes) is 33. The second-order valence-corrected chi connectivity index (χ2v) is 20.0. The van der Waals surface area contributed by atoms with Gasteiger partial charge in [-0.05, 0) is 89.9 Å².